The highest BCUT2D eigenvalue weighted by Gasteiger charge is 2.15. The molecule has 1 N–H and O–H groups in total. The lowest BCUT2D eigenvalue weighted by molar-refractivity contribution is 0.390. The molecule has 0 aliphatic carbocycles. The largest absolute Gasteiger partial charge is 0.314 e. The highest BCUT2D eigenvalue weighted by Crippen LogP contribution is 2.11. The van der Waals surface area contributed by atoms with Crippen molar-refractivity contribution < 1.29 is 0 Å². The SMILES string of the molecule is Cc1nc(CC2CCCCN2)n(C)n1. The Kier molecular flexibility index (Phi) is 2.82. The molecular weight excluding hydrogens is 176 g/mol. The summed E-state index contributed by atoms with van der Waals surface area (Å²) in [5.74, 6) is 1.97. The minimum Gasteiger partial charge on any atom is -0.314 e. The van der Waals surface area contributed by atoms with Crippen LogP contribution in [0.25, 0.3) is 0 Å². The van der Waals surface area contributed by atoms with Gasteiger partial charge in [-0.3, -0.25) is 4.68 Å². The van der Waals surface area contributed by atoms with E-state index in [0.29, 0.717) is 6.04 Å². The molecule has 0 aromatic carbocycles. The number of aryl methyl sites for hydroxylation is 2. The van der Waals surface area contributed by atoms with Gasteiger partial charge in [-0.05, 0) is 26.3 Å². The molecule has 1 aromatic rings. The van der Waals surface area contributed by atoms with E-state index in [1.807, 2.05) is 18.7 Å². The van der Waals surface area contributed by atoms with Crippen molar-refractivity contribution in [2.24, 2.45) is 7.05 Å². The zero-order valence-corrected chi connectivity index (χ0v) is 8.95. The molecule has 1 saturated heterocycles. The van der Waals surface area contributed by atoms with E-state index in [2.05, 4.69) is 15.4 Å². The maximum atomic E-state index is 4.42. The average molecular weight is 194 g/mol. The standard InChI is InChI=1S/C10H18N4/c1-8-12-10(14(2)13-8)7-9-5-3-4-6-11-9/h9,11H,3-7H2,1-2H3. The molecule has 2 rings (SSSR count). The Labute approximate surface area is 84.7 Å². The topological polar surface area (TPSA) is 42.7 Å². The third-order valence-electron chi connectivity index (χ3n) is 2.80. The Morgan fingerprint density at radius 2 is 2.36 bits per heavy atom. The molecule has 1 atom stereocenters. The average Bonchev–Trinajstić information content (AvgIpc) is 2.47. The normalized spacial score (nSPS) is 22.6. The van der Waals surface area contributed by atoms with Crippen molar-refractivity contribution in [3.63, 3.8) is 0 Å². The number of nitrogens with zero attached hydrogens (tertiary/aromatic N) is 3. The fourth-order valence-electron chi connectivity index (χ4n) is 2.05. The third kappa shape index (κ3) is 2.12. The van der Waals surface area contributed by atoms with Crippen LogP contribution < -0.4 is 5.32 Å². The summed E-state index contributed by atoms with van der Waals surface area (Å²) in [5.41, 5.74) is 0. The van der Waals surface area contributed by atoms with Crippen LogP contribution in [0.2, 0.25) is 0 Å². The number of aromatic nitrogens is 3. The van der Waals surface area contributed by atoms with E-state index < -0.39 is 0 Å². The molecule has 1 aromatic heterocycles. The molecule has 1 aliphatic heterocycles. The molecule has 2 heterocycles. The summed E-state index contributed by atoms with van der Waals surface area (Å²) in [6.45, 7) is 3.10. The third-order valence-corrected chi connectivity index (χ3v) is 2.80. The van der Waals surface area contributed by atoms with Crippen LogP contribution in [-0.4, -0.2) is 27.4 Å². The Hall–Kier alpha value is -0.900. The second kappa shape index (κ2) is 4.09. The van der Waals surface area contributed by atoms with Crippen molar-refractivity contribution in [1.82, 2.24) is 20.1 Å². The van der Waals surface area contributed by atoms with Gasteiger partial charge in [-0.15, -0.1) is 0 Å². The van der Waals surface area contributed by atoms with Gasteiger partial charge in [-0.1, -0.05) is 6.42 Å². The lowest BCUT2D eigenvalue weighted by Gasteiger charge is -2.22. The van der Waals surface area contributed by atoms with E-state index in [1.54, 1.807) is 0 Å². The van der Waals surface area contributed by atoms with E-state index in [0.717, 1.165) is 24.6 Å². The second-order valence-corrected chi connectivity index (χ2v) is 4.05. The van der Waals surface area contributed by atoms with Gasteiger partial charge in [0.1, 0.15) is 11.6 Å². The van der Waals surface area contributed by atoms with Gasteiger partial charge in [0.2, 0.25) is 0 Å². The fraction of sp³-hybridized carbons (Fsp3) is 0.800. The van der Waals surface area contributed by atoms with E-state index in [9.17, 15) is 0 Å². The van der Waals surface area contributed by atoms with E-state index in [-0.39, 0.29) is 0 Å². The number of rotatable bonds is 2. The lowest BCUT2D eigenvalue weighted by Crippen LogP contribution is -2.36. The maximum absolute atomic E-state index is 4.42. The molecule has 0 amide bonds. The van der Waals surface area contributed by atoms with Crippen molar-refractivity contribution in [2.75, 3.05) is 6.54 Å². The van der Waals surface area contributed by atoms with E-state index in [4.69, 9.17) is 0 Å². The van der Waals surface area contributed by atoms with Gasteiger partial charge in [0.15, 0.2) is 0 Å². The second-order valence-electron chi connectivity index (χ2n) is 4.05. The number of nitrogens with one attached hydrogen (secondary N) is 1. The molecule has 1 fully saturated rings. The molecule has 4 heteroatoms. The summed E-state index contributed by atoms with van der Waals surface area (Å²) in [5, 5.41) is 7.78. The molecule has 1 unspecified atom stereocenters. The highest BCUT2D eigenvalue weighted by atomic mass is 15.3. The van der Waals surface area contributed by atoms with Crippen molar-refractivity contribution in [1.29, 1.82) is 0 Å². The lowest BCUT2D eigenvalue weighted by atomic mass is 10.0. The minimum absolute atomic E-state index is 0.603. The van der Waals surface area contributed by atoms with Crippen LogP contribution in [0.3, 0.4) is 0 Å². The fourth-order valence-corrected chi connectivity index (χ4v) is 2.05. The smallest absolute Gasteiger partial charge is 0.147 e. The van der Waals surface area contributed by atoms with E-state index in [1.165, 1.54) is 19.3 Å². The van der Waals surface area contributed by atoms with Gasteiger partial charge in [0, 0.05) is 19.5 Å². The summed E-state index contributed by atoms with van der Waals surface area (Å²) in [7, 11) is 1.97. The first-order valence-electron chi connectivity index (χ1n) is 5.35. The van der Waals surface area contributed by atoms with Crippen molar-refractivity contribution in [3.8, 4) is 0 Å². The predicted octanol–water partition coefficient (Wildman–Crippen LogP) is 0.808. The molecule has 0 spiro atoms. The Balaban J connectivity index is 1.98. The molecule has 0 radical (unpaired) electrons. The minimum atomic E-state index is 0.603. The van der Waals surface area contributed by atoms with Gasteiger partial charge in [-0.2, -0.15) is 5.10 Å². The molecular formula is C10H18N4. The summed E-state index contributed by atoms with van der Waals surface area (Å²) in [4.78, 5) is 4.42. The molecule has 0 bridgehead atoms. The van der Waals surface area contributed by atoms with Gasteiger partial charge in [0.25, 0.3) is 0 Å². The first-order chi connectivity index (χ1) is 6.75. The first-order valence-corrected chi connectivity index (χ1v) is 5.35. The summed E-state index contributed by atoms with van der Waals surface area (Å²) < 4.78 is 1.89. The van der Waals surface area contributed by atoms with Crippen molar-refractivity contribution >= 4 is 0 Å². The Morgan fingerprint density at radius 3 is 2.93 bits per heavy atom. The Bertz CT molecular complexity index is 299. The summed E-state index contributed by atoms with van der Waals surface area (Å²) in [6.07, 6.45) is 4.94. The summed E-state index contributed by atoms with van der Waals surface area (Å²) >= 11 is 0. The molecule has 4 nitrogen and oxygen atoms in total. The molecule has 1 aliphatic rings. The maximum Gasteiger partial charge on any atom is 0.147 e. The summed E-state index contributed by atoms with van der Waals surface area (Å²) in [6, 6.07) is 0.603. The number of hydrogen-bond donors (Lipinski definition) is 1. The zero-order chi connectivity index (χ0) is 9.97. The van der Waals surface area contributed by atoms with Crippen LogP contribution in [-0.2, 0) is 13.5 Å². The molecule has 0 saturated carbocycles. The first kappa shape index (κ1) is 9.65. The van der Waals surface area contributed by atoms with Gasteiger partial charge in [0.05, 0.1) is 0 Å². The quantitative estimate of drug-likeness (QED) is 0.757. The number of piperidine rings is 1. The van der Waals surface area contributed by atoms with Crippen LogP contribution in [0.1, 0.15) is 30.9 Å². The van der Waals surface area contributed by atoms with Crippen LogP contribution in [0.5, 0.6) is 0 Å². The van der Waals surface area contributed by atoms with Gasteiger partial charge < -0.3 is 5.32 Å². The van der Waals surface area contributed by atoms with Crippen LogP contribution in [0.15, 0.2) is 0 Å². The highest BCUT2D eigenvalue weighted by molar-refractivity contribution is 4.94. The molecule has 14 heavy (non-hydrogen) atoms. The predicted molar refractivity (Wildman–Crippen MR) is 55.1 cm³/mol. The Morgan fingerprint density at radius 1 is 1.50 bits per heavy atom. The van der Waals surface area contributed by atoms with Crippen molar-refractivity contribution in [3.05, 3.63) is 11.6 Å². The zero-order valence-electron chi connectivity index (χ0n) is 8.95. The van der Waals surface area contributed by atoms with E-state index >= 15 is 0 Å². The van der Waals surface area contributed by atoms with Gasteiger partial charge >= 0.3 is 0 Å². The number of hydrogen-bond acceptors (Lipinski definition) is 3. The van der Waals surface area contributed by atoms with Gasteiger partial charge in [-0.25, -0.2) is 4.98 Å². The van der Waals surface area contributed by atoms with Crippen LogP contribution in [0.4, 0.5) is 0 Å². The molecule has 78 valence electrons. The van der Waals surface area contributed by atoms with Crippen LogP contribution in [0, 0.1) is 6.92 Å². The monoisotopic (exact) mass is 194 g/mol. The van der Waals surface area contributed by atoms with Crippen LogP contribution >= 0.6 is 0 Å². The van der Waals surface area contributed by atoms with Crippen molar-refractivity contribution in [2.45, 2.75) is 38.6 Å².